The molecule has 1 aliphatic heterocycles. The van der Waals surface area contributed by atoms with Crippen molar-refractivity contribution in [1.82, 2.24) is 15.1 Å². The Morgan fingerprint density at radius 3 is 2.15 bits per heavy atom. The van der Waals surface area contributed by atoms with Crippen LogP contribution in [0.1, 0.15) is 44.9 Å². The third kappa shape index (κ3) is 3.87. The number of amides is 3. The van der Waals surface area contributed by atoms with Crippen molar-refractivity contribution >= 4 is 11.9 Å². The fraction of sp³-hybridized carbons (Fsp3) is 0.867. The molecular weight excluding hydrogens is 254 g/mol. The molecule has 2 aliphatic rings. The molecule has 0 spiro atoms. The molecule has 0 unspecified atom stereocenters. The molecule has 1 heterocycles. The molecule has 2 fully saturated rings. The van der Waals surface area contributed by atoms with E-state index in [0.29, 0.717) is 0 Å². The van der Waals surface area contributed by atoms with E-state index in [1.54, 1.807) is 19.0 Å². The Morgan fingerprint density at radius 2 is 1.60 bits per heavy atom. The van der Waals surface area contributed by atoms with Gasteiger partial charge in [0.15, 0.2) is 0 Å². The van der Waals surface area contributed by atoms with Crippen LogP contribution in [0.3, 0.4) is 0 Å². The molecule has 1 saturated carbocycles. The number of likely N-dealkylation sites (tertiary alicyclic amines) is 1. The van der Waals surface area contributed by atoms with E-state index in [-0.39, 0.29) is 23.9 Å². The predicted molar refractivity (Wildman–Crippen MR) is 78.4 cm³/mol. The largest absolute Gasteiger partial charge is 0.353 e. The van der Waals surface area contributed by atoms with Gasteiger partial charge in [-0.15, -0.1) is 0 Å². The third-order valence-corrected chi connectivity index (χ3v) is 4.47. The quantitative estimate of drug-likeness (QED) is 0.839. The summed E-state index contributed by atoms with van der Waals surface area (Å²) in [7, 11) is 3.55. The van der Waals surface area contributed by atoms with Gasteiger partial charge in [0.05, 0.1) is 0 Å². The highest BCUT2D eigenvalue weighted by Gasteiger charge is 2.27. The van der Waals surface area contributed by atoms with E-state index in [0.717, 1.165) is 38.8 Å². The Bertz CT molecular complexity index is 343. The molecule has 114 valence electrons. The monoisotopic (exact) mass is 281 g/mol. The standard InChI is InChI=1S/C15H27N3O2/c1-17(2)15(20)18-10-8-13(9-11-18)16-14(19)12-6-4-3-5-7-12/h12-13H,3-11H2,1-2H3,(H,16,19). The second-order valence-corrected chi connectivity index (χ2v) is 6.28. The molecule has 1 saturated heterocycles. The van der Waals surface area contributed by atoms with Gasteiger partial charge in [-0.3, -0.25) is 4.79 Å². The van der Waals surface area contributed by atoms with Crippen molar-refractivity contribution in [2.45, 2.75) is 51.0 Å². The highest BCUT2D eigenvalue weighted by molar-refractivity contribution is 5.79. The Hall–Kier alpha value is -1.26. The first-order valence-corrected chi connectivity index (χ1v) is 7.84. The SMILES string of the molecule is CN(C)C(=O)N1CCC(NC(=O)C2CCCCC2)CC1. The van der Waals surface area contributed by atoms with Crippen LogP contribution in [0.5, 0.6) is 0 Å². The smallest absolute Gasteiger partial charge is 0.319 e. The minimum atomic E-state index is 0.0713. The summed E-state index contributed by atoms with van der Waals surface area (Å²) in [4.78, 5) is 27.5. The van der Waals surface area contributed by atoms with E-state index >= 15 is 0 Å². The van der Waals surface area contributed by atoms with E-state index in [2.05, 4.69) is 5.32 Å². The van der Waals surface area contributed by atoms with E-state index in [1.807, 2.05) is 4.90 Å². The topological polar surface area (TPSA) is 52.7 Å². The van der Waals surface area contributed by atoms with Gasteiger partial charge in [-0.2, -0.15) is 0 Å². The van der Waals surface area contributed by atoms with Gasteiger partial charge in [0.25, 0.3) is 0 Å². The zero-order valence-electron chi connectivity index (χ0n) is 12.7. The molecule has 3 amide bonds. The van der Waals surface area contributed by atoms with Crippen molar-refractivity contribution in [3.8, 4) is 0 Å². The zero-order valence-corrected chi connectivity index (χ0v) is 12.7. The number of carbonyl (C=O) groups is 2. The summed E-state index contributed by atoms with van der Waals surface area (Å²) in [6.45, 7) is 1.49. The maximum atomic E-state index is 12.2. The van der Waals surface area contributed by atoms with Crippen LogP contribution >= 0.6 is 0 Å². The van der Waals surface area contributed by atoms with Gasteiger partial charge in [0.1, 0.15) is 0 Å². The summed E-state index contributed by atoms with van der Waals surface area (Å²) in [6.07, 6.45) is 7.49. The van der Waals surface area contributed by atoms with Crippen molar-refractivity contribution in [3.05, 3.63) is 0 Å². The van der Waals surface area contributed by atoms with E-state index in [1.165, 1.54) is 19.3 Å². The number of urea groups is 1. The fourth-order valence-corrected chi connectivity index (χ4v) is 3.18. The molecule has 0 atom stereocenters. The van der Waals surface area contributed by atoms with Crippen molar-refractivity contribution in [1.29, 1.82) is 0 Å². The lowest BCUT2D eigenvalue weighted by atomic mass is 9.88. The second-order valence-electron chi connectivity index (χ2n) is 6.28. The average molecular weight is 281 g/mol. The first kappa shape index (κ1) is 15.1. The Kier molecular flexibility index (Phi) is 5.26. The van der Waals surface area contributed by atoms with Crippen molar-refractivity contribution in [3.63, 3.8) is 0 Å². The summed E-state index contributed by atoms with van der Waals surface area (Å²) in [5, 5.41) is 3.19. The van der Waals surface area contributed by atoms with E-state index in [9.17, 15) is 9.59 Å². The number of rotatable bonds is 2. The van der Waals surface area contributed by atoms with Gasteiger partial charge in [0.2, 0.25) is 5.91 Å². The molecule has 0 bridgehead atoms. The normalized spacial score (nSPS) is 21.6. The van der Waals surface area contributed by atoms with Gasteiger partial charge in [-0.25, -0.2) is 4.79 Å². The average Bonchev–Trinajstić information content (AvgIpc) is 2.48. The van der Waals surface area contributed by atoms with Crippen LogP contribution in [-0.2, 0) is 4.79 Å². The molecule has 5 nitrogen and oxygen atoms in total. The molecule has 0 radical (unpaired) electrons. The van der Waals surface area contributed by atoms with Gasteiger partial charge in [-0.1, -0.05) is 19.3 Å². The van der Waals surface area contributed by atoms with Gasteiger partial charge in [0, 0.05) is 39.1 Å². The lowest BCUT2D eigenvalue weighted by molar-refractivity contribution is -0.126. The Morgan fingerprint density at radius 1 is 1.00 bits per heavy atom. The van der Waals surface area contributed by atoms with E-state index < -0.39 is 0 Å². The van der Waals surface area contributed by atoms with Crippen LogP contribution in [0, 0.1) is 5.92 Å². The first-order chi connectivity index (χ1) is 9.58. The van der Waals surface area contributed by atoms with Crippen LogP contribution in [-0.4, -0.2) is 55.0 Å². The van der Waals surface area contributed by atoms with Crippen LogP contribution in [0.15, 0.2) is 0 Å². The zero-order chi connectivity index (χ0) is 14.5. The van der Waals surface area contributed by atoms with E-state index in [4.69, 9.17) is 0 Å². The minimum absolute atomic E-state index is 0.0713. The summed E-state index contributed by atoms with van der Waals surface area (Å²) in [6, 6.07) is 0.317. The molecule has 20 heavy (non-hydrogen) atoms. The molecule has 0 aromatic rings. The lowest BCUT2D eigenvalue weighted by Gasteiger charge is -2.34. The molecule has 1 aliphatic carbocycles. The molecular formula is C15H27N3O2. The highest BCUT2D eigenvalue weighted by Crippen LogP contribution is 2.24. The second kappa shape index (κ2) is 6.95. The Balaban J connectivity index is 1.73. The number of nitrogens with one attached hydrogen (secondary N) is 1. The molecule has 2 rings (SSSR count). The molecule has 0 aromatic carbocycles. The van der Waals surface area contributed by atoms with Crippen LogP contribution in [0.4, 0.5) is 4.79 Å². The molecule has 5 heteroatoms. The van der Waals surface area contributed by atoms with Crippen LogP contribution < -0.4 is 5.32 Å². The maximum Gasteiger partial charge on any atom is 0.319 e. The number of nitrogens with zero attached hydrogens (tertiary/aromatic N) is 2. The van der Waals surface area contributed by atoms with Gasteiger partial charge >= 0.3 is 6.03 Å². The Labute approximate surface area is 121 Å². The van der Waals surface area contributed by atoms with Crippen LogP contribution in [0.2, 0.25) is 0 Å². The highest BCUT2D eigenvalue weighted by atomic mass is 16.2. The van der Waals surface area contributed by atoms with Crippen molar-refractivity contribution < 1.29 is 9.59 Å². The predicted octanol–water partition coefficient (Wildman–Crippen LogP) is 1.83. The van der Waals surface area contributed by atoms with Gasteiger partial charge < -0.3 is 15.1 Å². The summed E-state index contributed by atoms with van der Waals surface area (Å²) < 4.78 is 0. The number of carbonyl (C=O) groups excluding carboxylic acids is 2. The lowest BCUT2D eigenvalue weighted by Crippen LogP contribution is -2.50. The summed E-state index contributed by atoms with van der Waals surface area (Å²) in [5.41, 5.74) is 0. The first-order valence-electron chi connectivity index (χ1n) is 7.84. The minimum Gasteiger partial charge on any atom is -0.353 e. The van der Waals surface area contributed by atoms with Crippen molar-refractivity contribution in [2.75, 3.05) is 27.2 Å². The fourth-order valence-electron chi connectivity index (χ4n) is 3.18. The number of hydrogen-bond donors (Lipinski definition) is 1. The number of hydrogen-bond acceptors (Lipinski definition) is 2. The molecule has 0 aromatic heterocycles. The summed E-state index contributed by atoms with van der Waals surface area (Å²) in [5.74, 6) is 0.465. The van der Waals surface area contributed by atoms with Crippen molar-refractivity contribution in [2.24, 2.45) is 5.92 Å². The number of piperidine rings is 1. The maximum absolute atomic E-state index is 12.2. The third-order valence-electron chi connectivity index (χ3n) is 4.47. The molecule has 1 N–H and O–H groups in total. The van der Waals surface area contributed by atoms with Gasteiger partial charge in [-0.05, 0) is 25.7 Å². The summed E-state index contributed by atoms with van der Waals surface area (Å²) >= 11 is 0. The van der Waals surface area contributed by atoms with Crippen LogP contribution in [0.25, 0.3) is 0 Å².